The van der Waals surface area contributed by atoms with Crippen LogP contribution < -0.4 is 10.6 Å². The average Bonchev–Trinajstić information content (AvgIpc) is 3.16. The van der Waals surface area contributed by atoms with E-state index in [2.05, 4.69) is 20.8 Å². The number of nitrogens with zero attached hydrogens (tertiary/aromatic N) is 1. The molecule has 0 spiro atoms. The van der Waals surface area contributed by atoms with Gasteiger partial charge in [-0.05, 0) is 23.6 Å². The fourth-order valence-electron chi connectivity index (χ4n) is 2.34. The van der Waals surface area contributed by atoms with Gasteiger partial charge in [0.2, 0.25) is 11.8 Å². The Morgan fingerprint density at radius 3 is 2.71 bits per heavy atom. The lowest BCUT2D eigenvalue weighted by molar-refractivity contribution is -0.125. The molecule has 108 valence electrons. The van der Waals surface area contributed by atoms with Gasteiger partial charge in [-0.2, -0.15) is 5.10 Å². The van der Waals surface area contributed by atoms with Crippen LogP contribution in [0.25, 0.3) is 11.3 Å². The number of hydrogen-bond donors (Lipinski definition) is 3. The van der Waals surface area contributed by atoms with Crippen molar-refractivity contribution in [3.8, 4) is 11.3 Å². The summed E-state index contributed by atoms with van der Waals surface area (Å²) in [5.41, 5.74) is 3.01. The minimum atomic E-state index is -0.387. The van der Waals surface area contributed by atoms with Gasteiger partial charge in [0.05, 0.1) is 5.69 Å². The Kier molecular flexibility index (Phi) is 3.68. The fourth-order valence-corrected chi connectivity index (χ4v) is 2.34. The van der Waals surface area contributed by atoms with E-state index in [1.54, 1.807) is 6.20 Å². The number of carbonyl (C=O) groups is 2. The van der Waals surface area contributed by atoms with E-state index in [1.165, 1.54) is 0 Å². The molecule has 0 radical (unpaired) electrons. The largest absolute Gasteiger partial charge is 0.350 e. The van der Waals surface area contributed by atoms with Crippen molar-refractivity contribution in [1.82, 2.24) is 20.8 Å². The highest BCUT2D eigenvalue weighted by atomic mass is 16.2. The van der Waals surface area contributed by atoms with E-state index in [-0.39, 0.29) is 17.9 Å². The van der Waals surface area contributed by atoms with Crippen molar-refractivity contribution < 1.29 is 9.59 Å². The minimum Gasteiger partial charge on any atom is -0.350 e. The van der Waals surface area contributed by atoms with Crippen LogP contribution in [0.3, 0.4) is 0 Å². The van der Waals surface area contributed by atoms with Crippen LogP contribution in [-0.4, -0.2) is 28.1 Å². The number of H-pyrrole nitrogens is 1. The number of benzene rings is 1. The van der Waals surface area contributed by atoms with E-state index in [4.69, 9.17) is 0 Å². The van der Waals surface area contributed by atoms with Gasteiger partial charge in [-0.3, -0.25) is 14.7 Å². The molecule has 0 saturated carbocycles. The first kappa shape index (κ1) is 13.4. The predicted octanol–water partition coefficient (Wildman–Crippen LogP) is 0.971. The van der Waals surface area contributed by atoms with Crippen molar-refractivity contribution in [2.45, 2.75) is 25.4 Å². The maximum Gasteiger partial charge on any atom is 0.242 e. The lowest BCUT2D eigenvalue weighted by Gasteiger charge is -2.11. The van der Waals surface area contributed by atoms with Crippen molar-refractivity contribution in [2.24, 2.45) is 0 Å². The molecule has 1 aliphatic heterocycles. The molecule has 6 heteroatoms. The highest BCUT2D eigenvalue weighted by molar-refractivity contribution is 5.90. The maximum absolute atomic E-state index is 11.9. The number of aromatic amines is 1. The molecular formula is C15H16N4O2. The number of hydrogen-bond acceptors (Lipinski definition) is 3. The van der Waals surface area contributed by atoms with Crippen molar-refractivity contribution >= 4 is 11.8 Å². The van der Waals surface area contributed by atoms with E-state index in [1.807, 2.05) is 30.3 Å². The van der Waals surface area contributed by atoms with Crippen LogP contribution in [-0.2, 0) is 16.1 Å². The van der Waals surface area contributed by atoms with Gasteiger partial charge < -0.3 is 10.6 Å². The van der Waals surface area contributed by atoms with Gasteiger partial charge in [-0.15, -0.1) is 0 Å². The van der Waals surface area contributed by atoms with Crippen LogP contribution in [0.15, 0.2) is 36.5 Å². The summed E-state index contributed by atoms with van der Waals surface area (Å²) in [6.07, 6.45) is 2.71. The number of carbonyl (C=O) groups excluding carboxylic acids is 2. The molecule has 1 aromatic carbocycles. The predicted molar refractivity (Wildman–Crippen MR) is 77.0 cm³/mol. The summed E-state index contributed by atoms with van der Waals surface area (Å²) < 4.78 is 0. The Labute approximate surface area is 121 Å². The topological polar surface area (TPSA) is 86.9 Å². The number of rotatable bonds is 4. The van der Waals surface area contributed by atoms with Gasteiger partial charge in [0.15, 0.2) is 0 Å². The van der Waals surface area contributed by atoms with Crippen molar-refractivity contribution in [3.63, 3.8) is 0 Å². The summed E-state index contributed by atoms with van der Waals surface area (Å²) in [6, 6.07) is 9.40. The van der Waals surface area contributed by atoms with Crippen LogP contribution >= 0.6 is 0 Å². The zero-order valence-corrected chi connectivity index (χ0v) is 11.4. The molecule has 1 unspecified atom stereocenters. The van der Waals surface area contributed by atoms with E-state index < -0.39 is 0 Å². The number of aromatic nitrogens is 2. The molecule has 2 aromatic rings. The fraction of sp³-hybridized carbons (Fsp3) is 0.267. The number of amides is 2. The summed E-state index contributed by atoms with van der Waals surface area (Å²) in [7, 11) is 0. The molecule has 1 fully saturated rings. The summed E-state index contributed by atoms with van der Waals surface area (Å²) in [5, 5.41) is 12.3. The number of nitrogens with one attached hydrogen (secondary N) is 3. The molecule has 6 nitrogen and oxygen atoms in total. The summed E-state index contributed by atoms with van der Waals surface area (Å²) >= 11 is 0. The van der Waals surface area contributed by atoms with Gasteiger partial charge in [-0.1, -0.05) is 24.3 Å². The first-order valence-electron chi connectivity index (χ1n) is 6.88. The lowest BCUT2D eigenvalue weighted by Crippen LogP contribution is -2.41. The van der Waals surface area contributed by atoms with Crippen LogP contribution in [0, 0.1) is 0 Å². The highest BCUT2D eigenvalue weighted by Gasteiger charge is 2.26. The minimum absolute atomic E-state index is 0.0564. The zero-order valence-electron chi connectivity index (χ0n) is 11.4. The first-order valence-corrected chi connectivity index (χ1v) is 6.88. The highest BCUT2D eigenvalue weighted by Crippen LogP contribution is 2.16. The lowest BCUT2D eigenvalue weighted by atomic mass is 10.1. The molecule has 1 aliphatic rings. The van der Waals surface area contributed by atoms with Gasteiger partial charge in [-0.25, -0.2) is 0 Å². The molecule has 1 atom stereocenters. The van der Waals surface area contributed by atoms with Crippen LogP contribution in [0.5, 0.6) is 0 Å². The van der Waals surface area contributed by atoms with Gasteiger partial charge in [0.25, 0.3) is 0 Å². The summed E-state index contributed by atoms with van der Waals surface area (Å²) in [4.78, 5) is 23.0. The molecule has 0 aliphatic carbocycles. The van der Waals surface area contributed by atoms with Crippen molar-refractivity contribution in [1.29, 1.82) is 0 Å². The van der Waals surface area contributed by atoms with E-state index in [9.17, 15) is 9.59 Å². The molecule has 2 heterocycles. The van der Waals surface area contributed by atoms with Crippen molar-refractivity contribution in [2.75, 3.05) is 0 Å². The molecule has 3 N–H and O–H groups in total. The van der Waals surface area contributed by atoms with Crippen molar-refractivity contribution in [3.05, 3.63) is 42.1 Å². The molecule has 0 bridgehead atoms. The van der Waals surface area contributed by atoms with E-state index in [0.29, 0.717) is 19.4 Å². The molecule has 1 aromatic heterocycles. The zero-order chi connectivity index (χ0) is 14.7. The second kappa shape index (κ2) is 5.78. The maximum atomic E-state index is 11.9. The normalized spacial score (nSPS) is 17.5. The Morgan fingerprint density at radius 1 is 1.29 bits per heavy atom. The van der Waals surface area contributed by atoms with E-state index >= 15 is 0 Å². The van der Waals surface area contributed by atoms with Crippen LogP contribution in [0.4, 0.5) is 0 Å². The second-order valence-corrected chi connectivity index (χ2v) is 5.04. The van der Waals surface area contributed by atoms with Gasteiger partial charge in [0.1, 0.15) is 6.04 Å². The van der Waals surface area contributed by atoms with Crippen LogP contribution in [0.2, 0.25) is 0 Å². The summed E-state index contributed by atoms with van der Waals surface area (Å²) in [6.45, 7) is 0.453. The second-order valence-electron chi connectivity index (χ2n) is 5.04. The molecule has 2 amide bonds. The van der Waals surface area contributed by atoms with Gasteiger partial charge in [0, 0.05) is 19.2 Å². The Bertz CT molecular complexity index is 634. The molecule has 21 heavy (non-hydrogen) atoms. The quantitative estimate of drug-likeness (QED) is 0.782. The smallest absolute Gasteiger partial charge is 0.242 e. The van der Waals surface area contributed by atoms with Gasteiger partial charge >= 0.3 is 0 Å². The van der Waals surface area contributed by atoms with E-state index in [0.717, 1.165) is 16.8 Å². The Balaban J connectivity index is 1.56. The SMILES string of the molecule is O=C1CCC(C(=O)NCc2ccc(-c3ccn[nH]3)cc2)N1. The molecular weight excluding hydrogens is 268 g/mol. The third-order valence-corrected chi connectivity index (χ3v) is 3.54. The third-order valence-electron chi connectivity index (χ3n) is 3.54. The standard InChI is InChI=1S/C15H16N4O2/c20-14-6-5-13(18-14)15(21)16-9-10-1-3-11(4-2-10)12-7-8-17-19-12/h1-4,7-8,13H,5-6,9H2,(H,16,21)(H,17,19)(H,18,20). The Morgan fingerprint density at radius 2 is 2.10 bits per heavy atom. The first-order chi connectivity index (χ1) is 10.2. The Hall–Kier alpha value is -2.63. The molecule has 3 rings (SSSR count). The summed E-state index contributed by atoms with van der Waals surface area (Å²) in [5.74, 6) is -0.183. The average molecular weight is 284 g/mol. The van der Waals surface area contributed by atoms with Crippen LogP contribution in [0.1, 0.15) is 18.4 Å². The third kappa shape index (κ3) is 3.10. The molecule has 1 saturated heterocycles. The monoisotopic (exact) mass is 284 g/mol.